The summed E-state index contributed by atoms with van der Waals surface area (Å²) in [5, 5.41) is 0. The average Bonchev–Trinajstić information content (AvgIpc) is 2.28. The summed E-state index contributed by atoms with van der Waals surface area (Å²) in [7, 11) is 0. The number of anilines is 1. The van der Waals surface area contributed by atoms with Crippen LogP contribution in [0, 0.1) is 5.82 Å². The van der Waals surface area contributed by atoms with Gasteiger partial charge < -0.3 is 5.73 Å². The van der Waals surface area contributed by atoms with E-state index in [-0.39, 0.29) is 5.82 Å². The third kappa shape index (κ3) is 1.86. The summed E-state index contributed by atoms with van der Waals surface area (Å²) < 4.78 is 13.1. The lowest BCUT2D eigenvalue weighted by molar-refractivity contribution is 0.628. The van der Waals surface area contributed by atoms with Crippen molar-refractivity contribution in [3.8, 4) is 11.3 Å². The maximum absolute atomic E-state index is 13.1. The van der Waals surface area contributed by atoms with Crippen molar-refractivity contribution in [1.29, 1.82) is 0 Å². The van der Waals surface area contributed by atoms with E-state index >= 15 is 0 Å². The van der Waals surface area contributed by atoms with Crippen molar-refractivity contribution in [2.75, 3.05) is 5.73 Å². The lowest BCUT2D eigenvalue weighted by Crippen LogP contribution is -2.01. The van der Waals surface area contributed by atoms with Gasteiger partial charge in [-0.3, -0.25) is 0 Å². The third-order valence-corrected chi connectivity index (χ3v) is 2.43. The number of hydrogen-bond donors (Lipinski definition) is 1. The zero-order chi connectivity index (χ0) is 11.5. The van der Waals surface area contributed by atoms with Gasteiger partial charge in [0.05, 0.1) is 5.69 Å². The Bertz CT molecular complexity index is 511. The maximum Gasteiger partial charge on any atom is 0.130 e. The van der Waals surface area contributed by atoms with E-state index in [1.165, 1.54) is 18.5 Å². The van der Waals surface area contributed by atoms with Gasteiger partial charge in [-0.15, -0.1) is 0 Å². The van der Waals surface area contributed by atoms with Gasteiger partial charge in [0.1, 0.15) is 18.0 Å². The molecule has 0 spiro atoms. The first kappa shape index (κ1) is 10.5. The van der Waals surface area contributed by atoms with Gasteiger partial charge in [0, 0.05) is 11.1 Å². The van der Waals surface area contributed by atoms with Gasteiger partial charge in [0.2, 0.25) is 0 Å². The number of benzene rings is 1. The Hall–Kier alpha value is -1.97. The first-order chi connectivity index (χ1) is 7.72. The molecule has 0 aliphatic rings. The van der Waals surface area contributed by atoms with Crippen LogP contribution in [0.1, 0.15) is 12.5 Å². The quantitative estimate of drug-likeness (QED) is 0.840. The Morgan fingerprint density at radius 2 is 2.12 bits per heavy atom. The summed E-state index contributed by atoms with van der Waals surface area (Å²) in [5.74, 6) is 0.175. The maximum atomic E-state index is 13.1. The van der Waals surface area contributed by atoms with Gasteiger partial charge in [-0.25, -0.2) is 14.4 Å². The van der Waals surface area contributed by atoms with Crippen LogP contribution < -0.4 is 5.73 Å². The molecule has 1 aromatic carbocycles. The molecule has 1 aromatic heterocycles. The van der Waals surface area contributed by atoms with Crippen LogP contribution >= 0.6 is 0 Å². The zero-order valence-electron chi connectivity index (χ0n) is 8.94. The van der Waals surface area contributed by atoms with Gasteiger partial charge in [-0.1, -0.05) is 19.1 Å². The Morgan fingerprint density at radius 3 is 2.81 bits per heavy atom. The highest BCUT2D eigenvalue weighted by Crippen LogP contribution is 2.24. The molecule has 0 saturated heterocycles. The van der Waals surface area contributed by atoms with Crippen LogP contribution in [-0.4, -0.2) is 9.97 Å². The summed E-state index contributed by atoms with van der Waals surface area (Å²) in [6.45, 7) is 1.97. The van der Waals surface area contributed by atoms with E-state index in [1.807, 2.05) is 13.0 Å². The Morgan fingerprint density at radius 1 is 1.31 bits per heavy atom. The third-order valence-electron chi connectivity index (χ3n) is 2.43. The van der Waals surface area contributed by atoms with Crippen LogP contribution in [0.3, 0.4) is 0 Å². The van der Waals surface area contributed by atoms with Crippen LogP contribution in [0.2, 0.25) is 0 Å². The number of halogens is 1. The van der Waals surface area contributed by atoms with E-state index in [1.54, 1.807) is 6.07 Å². The molecule has 82 valence electrons. The molecule has 0 aliphatic carbocycles. The molecule has 0 bridgehead atoms. The van der Waals surface area contributed by atoms with Crippen LogP contribution in [-0.2, 0) is 6.42 Å². The van der Waals surface area contributed by atoms with Crippen molar-refractivity contribution in [3.63, 3.8) is 0 Å². The van der Waals surface area contributed by atoms with Gasteiger partial charge in [-0.2, -0.15) is 0 Å². The Balaban J connectivity index is 2.60. The van der Waals surface area contributed by atoms with Gasteiger partial charge in [0.25, 0.3) is 0 Å². The summed E-state index contributed by atoms with van der Waals surface area (Å²) >= 11 is 0. The van der Waals surface area contributed by atoms with E-state index in [4.69, 9.17) is 5.73 Å². The summed E-state index contributed by atoms with van der Waals surface area (Å²) in [6, 6.07) is 6.31. The zero-order valence-corrected chi connectivity index (χ0v) is 8.94. The number of rotatable bonds is 2. The van der Waals surface area contributed by atoms with Crippen LogP contribution in [0.15, 0.2) is 30.6 Å². The molecule has 3 nitrogen and oxygen atoms in total. The lowest BCUT2D eigenvalue weighted by atomic mass is 10.0. The molecule has 0 aliphatic heterocycles. The molecule has 0 unspecified atom stereocenters. The number of nitrogen functional groups attached to an aromatic ring is 1. The van der Waals surface area contributed by atoms with E-state index in [2.05, 4.69) is 9.97 Å². The van der Waals surface area contributed by atoms with Crippen molar-refractivity contribution in [2.24, 2.45) is 0 Å². The fraction of sp³-hybridized carbons (Fsp3) is 0.167. The first-order valence-corrected chi connectivity index (χ1v) is 5.07. The Labute approximate surface area is 93.2 Å². The molecule has 0 saturated carbocycles. The molecule has 2 rings (SSSR count). The summed E-state index contributed by atoms with van der Waals surface area (Å²) in [4.78, 5) is 8.10. The fourth-order valence-electron chi connectivity index (χ4n) is 1.66. The molecule has 16 heavy (non-hydrogen) atoms. The molecule has 2 N–H and O–H groups in total. The minimum absolute atomic E-state index is 0.281. The smallest absolute Gasteiger partial charge is 0.130 e. The lowest BCUT2D eigenvalue weighted by Gasteiger charge is -2.08. The van der Waals surface area contributed by atoms with E-state index in [0.717, 1.165) is 17.5 Å². The van der Waals surface area contributed by atoms with Gasteiger partial charge in [-0.05, 0) is 18.6 Å². The number of nitrogens with zero attached hydrogens (tertiary/aromatic N) is 2. The normalized spacial score (nSPS) is 10.4. The molecule has 4 heteroatoms. The van der Waals surface area contributed by atoms with Crippen molar-refractivity contribution < 1.29 is 4.39 Å². The standard InChI is InChI=1S/C12H12FN3/c1-2-10-11(15-7-16-12(10)14)8-4-3-5-9(13)6-8/h3-7H,2H2,1H3,(H2,14,15,16). The van der Waals surface area contributed by atoms with E-state index in [0.29, 0.717) is 11.5 Å². The molecular weight excluding hydrogens is 205 g/mol. The SMILES string of the molecule is CCc1c(N)ncnc1-c1cccc(F)c1. The second kappa shape index (κ2) is 4.26. The topological polar surface area (TPSA) is 51.8 Å². The molecular formula is C12H12FN3. The second-order valence-corrected chi connectivity index (χ2v) is 3.45. The van der Waals surface area contributed by atoms with Crippen molar-refractivity contribution in [3.05, 3.63) is 42.0 Å². The highest BCUT2D eigenvalue weighted by atomic mass is 19.1. The second-order valence-electron chi connectivity index (χ2n) is 3.45. The van der Waals surface area contributed by atoms with Crippen LogP contribution in [0.4, 0.5) is 10.2 Å². The molecule has 0 atom stereocenters. The highest BCUT2D eigenvalue weighted by molar-refractivity contribution is 5.67. The minimum atomic E-state index is -0.281. The monoisotopic (exact) mass is 217 g/mol. The number of hydrogen-bond acceptors (Lipinski definition) is 3. The fourth-order valence-corrected chi connectivity index (χ4v) is 1.66. The van der Waals surface area contributed by atoms with Crippen LogP contribution in [0.5, 0.6) is 0 Å². The van der Waals surface area contributed by atoms with E-state index < -0.39 is 0 Å². The molecule has 1 heterocycles. The molecule has 0 fully saturated rings. The summed E-state index contributed by atoms with van der Waals surface area (Å²) in [5.41, 5.74) is 8.05. The molecule has 0 radical (unpaired) electrons. The number of aromatic nitrogens is 2. The minimum Gasteiger partial charge on any atom is -0.383 e. The average molecular weight is 217 g/mol. The Kier molecular flexibility index (Phi) is 2.81. The first-order valence-electron chi connectivity index (χ1n) is 5.07. The molecule has 2 aromatic rings. The molecule has 0 amide bonds. The highest BCUT2D eigenvalue weighted by Gasteiger charge is 2.09. The predicted octanol–water partition coefficient (Wildman–Crippen LogP) is 2.43. The van der Waals surface area contributed by atoms with Crippen molar-refractivity contribution >= 4 is 5.82 Å². The predicted molar refractivity (Wildman–Crippen MR) is 61.2 cm³/mol. The largest absolute Gasteiger partial charge is 0.383 e. The van der Waals surface area contributed by atoms with Crippen molar-refractivity contribution in [2.45, 2.75) is 13.3 Å². The number of nitrogens with two attached hydrogens (primary N) is 1. The van der Waals surface area contributed by atoms with Gasteiger partial charge in [0.15, 0.2) is 0 Å². The summed E-state index contributed by atoms with van der Waals surface area (Å²) in [6.07, 6.45) is 2.12. The van der Waals surface area contributed by atoms with Crippen molar-refractivity contribution in [1.82, 2.24) is 9.97 Å². The van der Waals surface area contributed by atoms with E-state index in [9.17, 15) is 4.39 Å². The van der Waals surface area contributed by atoms with Crippen LogP contribution in [0.25, 0.3) is 11.3 Å². The van der Waals surface area contributed by atoms with Gasteiger partial charge >= 0.3 is 0 Å².